The van der Waals surface area contributed by atoms with E-state index in [9.17, 15) is 4.79 Å². The Kier molecular flexibility index (Phi) is 4.37. The molecule has 0 saturated heterocycles. The van der Waals surface area contributed by atoms with Crippen LogP contribution in [0.15, 0.2) is 36.4 Å². The molecule has 120 valence electrons. The summed E-state index contributed by atoms with van der Waals surface area (Å²) in [6.07, 6.45) is 0.921. The predicted molar refractivity (Wildman–Crippen MR) is 91.7 cm³/mol. The van der Waals surface area contributed by atoms with Gasteiger partial charge in [-0.3, -0.25) is 4.79 Å². The van der Waals surface area contributed by atoms with Gasteiger partial charge in [0, 0.05) is 13.1 Å². The highest BCUT2D eigenvalue weighted by molar-refractivity contribution is 5.78. The van der Waals surface area contributed by atoms with Crippen LogP contribution in [0.5, 0.6) is 5.75 Å². The smallest absolute Gasteiger partial charge is 0.260 e. The molecule has 0 unspecified atom stereocenters. The van der Waals surface area contributed by atoms with Gasteiger partial charge in [0.2, 0.25) is 0 Å². The van der Waals surface area contributed by atoms with Gasteiger partial charge in [0.1, 0.15) is 5.75 Å². The zero-order chi connectivity index (χ0) is 16.4. The van der Waals surface area contributed by atoms with E-state index in [0.29, 0.717) is 6.54 Å². The molecule has 0 N–H and O–H groups in total. The van der Waals surface area contributed by atoms with Crippen molar-refractivity contribution in [3.8, 4) is 5.75 Å². The number of aryl methyl sites for hydroxylation is 2. The Morgan fingerprint density at radius 3 is 2.65 bits per heavy atom. The van der Waals surface area contributed by atoms with Crippen molar-refractivity contribution in [2.24, 2.45) is 0 Å². The monoisotopic (exact) mass is 309 g/mol. The maximum Gasteiger partial charge on any atom is 0.260 e. The summed E-state index contributed by atoms with van der Waals surface area (Å²) in [5, 5.41) is 0. The summed E-state index contributed by atoms with van der Waals surface area (Å²) < 4.78 is 5.81. The number of carbonyl (C=O) groups is 1. The van der Waals surface area contributed by atoms with E-state index in [1.807, 2.05) is 30.9 Å². The Balaban J connectivity index is 1.65. The van der Waals surface area contributed by atoms with Gasteiger partial charge in [0.15, 0.2) is 6.61 Å². The van der Waals surface area contributed by atoms with E-state index in [0.717, 1.165) is 29.8 Å². The number of rotatable bonds is 3. The normalized spacial score (nSPS) is 13.6. The molecule has 0 bridgehead atoms. The SMILES string of the molecule is Cc1cc(C)c(C)c(OCC(=O)N2CCc3ccccc3C2)c1. The van der Waals surface area contributed by atoms with E-state index < -0.39 is 0 Å². The van der Waals surface area contributed by atoms with Gasteiger partial charge in [0.05, 0.1) is 0 Å². The zero-order valence-corrected chi connectivity index (χ0v) is 14.1. The number of fused-ring (bicyclic) bond motifs is 1. The van der Waals surface area contributed by atoms with Gasteiger partial charge in [-0.2, -0.15) is 0 Å². The number of carbonyl (C=O) groups excluding carboxylic acids is 1. The van der Waals surface area contributed by atoms with E-state index in [2.05, 4.69) is 31.2 Å². The molecule has 1 aliphatic heterocycles. The van der Waals surface area contributed by atoms with Crippen LogP contribution < -0.4 is 4.74 Å². The number of amides is 1. The molecule has 0 radical (unpaired) electrons. The molecule has 0 fully saturated rings. The van der Waals surface area contributed by atoms with Crippen LogP contribution in [0.4, 0.5) is 0 Å². The van der Waals surface area contributed by atoms with Crippen LogP contribution in [0.2, 0.25) is 0 Å². The first kappa shape index (κ1) is 15.6. The topological polar surface area (TPSA) is 29.5 Å². The van der Waals surface area contributed by atoms with Crippen molar-refractivity contribution in [1.82, 2.24) is 4.90 Å². The van der Waals surface area contributed by atoms with E-state index in [4.69, 9.17) is 4.74 Å². The lowest BCUT2D eigenvalue weighted by Crippen LogP contribution is -2.38. The fourth-order valence-corrected chi connectivity index (χ4v) is 3.09. The van der Waals surface area contributed by atoms with Gasteiger partial charge in [-0.05, 0) is 61.1 Å². The molecule has 0 atom stereocenters. The predicted octanol–water partition coefficient (Wildman–Crippen LogP) is 3.58. The summed E-state index contributed by atoms with van der Waals surface area (Å²) in [4.78, 5) is 14.4. The van der Waals surface area contributed by atoms with E-state index >= 15 is 0 Å². The lowest BCUT2D eigenvalue weighted by molar-refractivity contribution is -0.134. The summed E-state index contributed by atoms with van der Waals surface area (Å²) in [5.74, 6) is 0.867. The average molecular weight is 309 g/mol. The minimum atomic E-state index is 0.0538. The number of hydrogen-bond acceptors (Lipinski definition) is 2. The molecule has 0 spiro atoms. The Labute approximate surface area is 137 Å². The van der Waals surface area contributed by atoms with Crippen molar-refractivity contribution in [2.45, 2.75) is 33.7 Å². The van der Waals surface area contributed by atoms with E-state index in [1.165, 1.54) is 16.7 Å². The first-order valence-corrected chi connectivity index (χ1v) is 8.10. The van der Waals surface area contributed by atoms with Crippen LogP contribution in [0.25, 0.3) is 0 Å². The largest absolute Gasteiger partial charge is 0.483 e. The first-order chi connectivity index (χ1) is 11.0. The molecule has 0 aliphatic carbocycles. The number of ether oxygens (including phenoxy) is 1. The van der Waals surface area contributed by atoms with Gasteiger partial charge in [-0.25, -0.2) is 0 Å². The molecular formula is C20H23NO2. The standard InChI is InChI=1S/C20H23NO2/c1-14-10-15(2)16(3)19(11-14)23-13-20(22)21-9-8-17-6-4-5-7-18(17)12-21/h4-7,10-11H,8-9,12-13H2,1-3H3. The Bertz CT molecular complexity index is 736. The molecule has 2 aromatic carbocycles. The third-order valence-corrected chi connectivity index (χ3v) is 4.60. The van der Waals surface area contributed by atoms with E-state index in [1.54, 1.807) is 0 Å². The van der Waals surface area contributed by atoms with Crippen LogP contribution in [-0.2, 0) is 17.8 Å². The minimum absolute atomic E-state index is 0.0538. The molecule has 1 aliphatic rings. The van der Waals surface area contributed by atoms with Crippen molar-refractivity contribution >= 4 is 5.91 Å². The first-order valence-electron chi connectivity index (χ1n) is 8.10. The quantitative estimate of drug-likeness (QED) is 0.867. The van der Waals surface area contributed by atoms with Gasteiger partial charge >= 0.3 is 0 Å². The van der Waals surface area contributed by atoms with Gasteiger partial charge < -0.3 is 9.64 Å². The molecule has 23 heavy (non-hydrogen) atoms. The molecule has 3 heteroatoms. The van der Waals surface area contributed by atoms with Gasteiger partial charge in [-0.1, -0.05) is 30.3 Å². The number of benzene rings is 2. The van der Waals surface area contributed by atoms with Crippen LogP contribution in [-0.4, -0.2) is 24.0 Å². The van der Waals surface area contributed by atoms with Crippen LogP contribution in [0.1, 0.15) is 27.8 Å². The lowest BCUT2D eigenvalue weighted by atomic mass is 10.00. The Hall–Kier alpha value is -2.29. The molecule has 0 aromatic heterocycles. The fraction of sp³-hybridized carbons (Fsp3) is 0.350. The van der Waals surface area contributed by atoms with E-state index in [-0.39, 0.29) is 12.5 Å². The van der Waals surface area contributed by atoms with Gasteiger partial charge in [0.25, 0.3) is 5.91 Å². The maximum absolute atomic E-state index is 12.5. The van der Waals surface area contributed by atoms with Crippen molar-refractivity contribution in [2.75, 3.05) is 13.2 Å². The van der Waals surface area contributed by atoms with Crippen LogP contribution in [0.3, 0.4) is 0 Å². The highest BCUT2D eigenvalue weighted by Gasteiger charge is 2.20. The molecule has 1 amide bonds. The third-order valence-electron chi connectivity index (χ3n) is 4.60. The molecule has 3 nitrogen and oxygen atoms in total. The fourth-order valence-electron chi connectivity index (χ4n) is 3.09. The second kappa shape index (κ2) is 6.45. The van der Waals surface area contributed by atoms with Crippen LogP contribution >= 0.6 is 0 Å². The molecule has 1 heterocycles. The second-order valence-corrected chi connectivity index (χ2v) is 6.33. The minimum Gasteiger partial charge on any atom is -0.483 e. The molecule has 0 saturated carbocycles. The Morgan fingerprint density at radius 2 is 1.87 bits per heavy atom. The van der Waals surface area contributed by atoms with Crippen molar-refractivity contribution in [3.63, 3.8) is 0 Å². The Morgan fingerprint density at radius 1 is 1.13 bits per heavy atom. The second-order valence-electron chi connectivity index (χ2n) is 6.33. The summed E-state index contributed by atoms with van der Waals surface area (Å²) in [6.45, 7) is 7.70. The number of hydrogen-bond donors (Lipinski definition) is 0. The molecule has 2 aromatic rings. The molecular weight excluding hydrogens is 286 g/mol. The summed E-state index contributed by atoms with van der Waals surface area (Å²) in [7, 11) is 0. The van der Waals surface area contributed by atoms with Crippen molar-refractivity contribution in [3.05, 3.63) is 64.2 Å². The highest BCUT2D eigenvalue weighted by atomic mass is 16.5. The maximum atomic E-state index is 12.5. The van der Waals surface area contributed by atoms with Crippen LogP contribution in [0, 0.1) is 20.8 Å². The third kappa shape index (κ3) is 3.39. The average Bonchev–Trinajstić information content (AvgIpc) is 2.56. The highest BCUT2D eigenvalue weighted by Crippen LogP contribution is 2.24. The summed E-state index contributed by atoms with van der Waals surface area (Å²) in [5.41, 5.74) is 6.05. The zero-order valence-electron chi connectivity index (χ0n) is 14.1. The van der Waals surface area contributed by atoms with Gasteiger partial charge in [-0.15, -0.1) is 0 Å². The summed E-state index contributed by atoms with van der Waals surface area (Å²) in [6, 6.07) is 12.5. The van der Waals surface area contributed by atoms with Crippen molar-refractivity contribution in [1.29, 1.82) is 0 Å². The van der Waals surface area contributed by atoms with Crippen molar-refractivity contribution < 1.29 is 9.53 Å². The number of nitrogens with zero attached hydrogens (tertiary/aromatic N) is 1. The lowest BCUT2D eigenvalue weighted by Gasteiger charge is -2.29. The molecule has 3 rings (SSSR count). The summed E-state index contributed by atoms with van der Waals surface area (Å²) >= 11 is 0.